The molecule has 0 aromatic heterocycles. The molecule has 0 bridgehead atoms. The summed E-state index contributed by atoms with van der Waals surface area (Å²) < 4.78 is 0. The number of thiol groups is 1. The molecule has 186 valence electrons. The number of amides is 3. The van der Waals surface area contributed by atoms with E-state index in [4.69, 9.17) is 11.5 Å². The van der Waals surface area contributed by atoms with E-state index >= 15 is 0 Å². The molecule has 0 saturated heterocycles. The van der Waals surface area contributed by atoms with Crippen LogP contribution in [0.25, 0.3) is 0 Å². The molecule has 4 unspecified atom stereocenters. The van der Waals surface area contributed by atoms with Gasteiger partial charge in [-0.05, 0) is 56.6 Å². The van der Waals surface area contributed by atoms with Crippen LogP contribution in [-0.4, -0.2) is 77.3 Å². The van der Waals surface area contributed by atoms with E-state index in [0.29, 0.717) is 38.0 Å². The zero-order valence-corrected chi connectivity index (χ0v) is 20.8. The van der Waals surface area contributed by atoms with Crippen LogP contribution >= 0.6 is 24.4 Å². The molecule has 8 N–H and O–H groups in total. The Kier molecular flexibility index (Phi) is 16.2. The lowest BCUT2D eigenvalue weighted by Gasteiger charge is -2.26. The summed E-state index contributed by atoms with van der Waals surface area (Å²) in [7, 11) is 0. The summed E-state index contributed by atoms with van der Waals surface area (Å²) in [4.78, 5) is 49.5. The van der Waals surface area contributed by atoms with Gasteiger partial charge in [0.1, 0.15) is 18.1 Å². The average Bonchev–Trinajstić information content (AvgIpc) is 2.73. The summed E-state index contributed by atoms with van der Waals surface area (Å²) in [5.74, 6) is -1.97. The number of nitrogens with two attached hydrogens (primary N) is 2. The van der Waals surface area contributed by atoms with E-state index in [0.717, 1.165) is 0 Å². The van der Waals surface area contributed by atoms with Gasteiger partial charge in [0, 0.05) is 5.75 Å². The minimum absolute atomic E-state index is 0.0886. The summed E-state index contributed by atoms with van der Waals surface area (Å²) in [5.41, 5.74) is 11.2. The predicted octanol–water partition coefficient (Wildman–Crippen LogP) is -0.289. The summed E-state index contributed by atoms with van der Waals surface area (Å²) in [6, 6.07) is -3.75. The summed E-state index contributed by atoms with van der Waals surface area (Å²) in [5, 5.41) is 17.2. The lowest BCUT2D eigenvalue weighted by molar-refractivity contribution is -0.142. The molecule has 0 radical (unpaired) electrons. The molecule has 0 spiro atoms. The van der Waals surface area contributed by atoms with Crippen LogP contribution in [0, 0.1) is 5.92 Å². The van der Waals surface area contributed by atoms with Crippen LogP contribution in [0.5, 0.6) is 0 Å². The fourth-order valence-electron chi connectivity index (χ4n) is 2.86. The fourth-order valence-corrected chi connectivity index (χ4v) is 3.50. The first kappa shape index (κ1) is 30.5. The first-order valence-electron chi connectivity index (χ1n) is 10.8. The number of unbranched alkanes of at least 4 members (excludes halogenated alkanes) is 1. The Morgan fingerprint density at radius 1 is 0.938 bits per heavy atom. The Morgan fingerprint density at radius 3 is 2.00 bits per heavy atom. The largest absolute Gasteiger partial charge is 0.480 e. The van der Waals surface area contributed by atoms with Gasteiger partial charge in [-0.1, -0.05) is 13.8 Å². The van der Waals surface area contributed by atoms with Crippen molar-refractivity contribution in [3.8, 4) is 0 Å². The van der Waals surface area contributed by atoms with Crippen LogP contribution in [0.4, 0.5) is 0 Å². The van der Waals surface area contributed by atoms with Crippen molar-refractivity contribution < 1.29 is 24.3 Å². The minimum atomic E-state index is -1.13. The Balaban J connectivity index is 5.42. The maximum absolute atomic E-state index is 13.0. The summed E-state index contributed by atoms with van der Waals surface area (Å²) >= 11 is 5.48. The van der Waals surface area contributed by atoms with E-state index in [-0.39, 0.29) is 18.1 Å². The fraction of sp³-hybridized carbons (Fsp3) is 0.800. The summed E-state index contributed by atoms with van der Waals surface area (Å²) in [6.07, 6.45) is 3.97. The lowest BCUT2D eigenvalue weighted by atomic mass is 10.0. The monoisotopic (exact) mass is 493 g/mol. The second-order valence-corrected chi connectivity index (χ2v) is 9.36. The van der Waals surface area contributed by atoms with Crippen LogP contribution in [0.1, 0.15) is 46.0 Å². The SMILES string of the molecule is CSCCC(NC(=O)C(CCCCN)NC(=O)C(CC(C)C)NC(=O)C(N)CS)C(=O)O. The van der Waals surface area contributed by atoms with E-state index in [2.05, 4.69) is 28.6 Å². The Bertz CT molecular complexity index is 609. The van der Waals surface area contributed by atoms with Gasteiger partial charge in [-0.25, -0.2) is 4.79 Å². The van der Waals surface area contributed by atoms with Gasteiger partial charge in [-0.2, -0.15) is 24.4 Å². The molecule has 32 heavy (non-hydrogen) atoms. The van der Waals surface area contributed by atoms with Gasteiger partial charge >= 0.3 is 5.97 Å². The highest BCUT2D eigenvalue weighted by atomic mass is 32.2. The van der Waals surface area contributed by atoms with Crippen LogP contribution in [0.15, 0.2) is 0 Å². The third-order valence-corrected chi connectivity index (χ3v) is 5.72. The van der Waals surface area contributed by atoms with E-state index in [9.17, 15) is 24.3 Å². The van der Waals surface area contributed by atoms with Gasteiger partial charge < -0.3 is 32.5 Å². The molecule has 12 heteroatoms. The van der Waals surface area contributed by atoms with E-state index < -0.39 is 47.9 Å². The molecule has 3 amide bonds. The zero-order valence-electron chi connectivity index (χ0n) is 19.1. The van der Waals surface area contributed by atoms with Crippen LogP contribution in [0.2, 0.25) is 0 Å². The molecule has 4 atom stereocenters. The maximum atomic E-state index is 13.0. The Labute approximate surface area is 200 Å². The highest BCUT2D eigenvalue weighted by molar-refractivity contribution is 7.98. The van der Waals surface area contributed by atoms with Gasteiger partial charge in [0.2, 0.25) is 17.7 Å². The molecule has 10 nitrogen and oxygen atoms in total. The van der Waals surface area contributed by atoms with Crippen molar-refractivity contribution in [2.75, 3.05) is 24.3 Å². The number of hydrogen-bond donors (Lipinski definition) is 7. The van der Waals surface area contributed by atoms with Crippen molar-refractivity contribution in [1.29, 1.82) is 0 Å². The third kappa shape index (κ3) is 12.5. The second-order valence-electron chi connectivity index (χ2n) is 8.01. The van der Waals surface area contributed by atoms with Crippen LogP contribution < -0.4 is 27.4 Å². The average molecular weight is 494 g/mol. The molecule has 0 saturated carbocycles. The van der Waals surface area contributed by atoms with Crippen molar-refractivity contribution in [2.45, 2.75) is 70.1 Å². The molecule has 0 aliphatic heterocycles. The first-order chi connectivity index (χ1) is 15.1. The number of carbonyl (C=O) groups excluding carboxylic acids is 3. The zero-order chi connectivity index (χ0) is 24.7. The third-order valence-electron chi connectivity index (χ3n) is 4.68. The van der Waals surface area contributed by atoms with Gasteiger partial charge in [0.15, 0.2) is 0 Å². The smallest absolute Gasteiger partial charge is 0.326 e. The number of carbonyl (C=O) groups is 4. The number of hydrogen-bond acceptors (Lipinski definition) is 8. The second kappa shape index (κ2) is 17.0. The van der Waals surface area contributed by atoms with Gasteiger partial charge in [0.05, 0.1) is 6.04 Å². The number of carboxylic acid groups (broad SMARTS) is 1. The van der Waals surface area contributed by atoms with Crippen molar-refractivity contribution in [3.63, 3.8) is 0 Å². The highest BCUT2D eigenvalue weighted by Gasteiger charge is 2.30. The van der Waals surface area contributed by atoms with Crippen molar-refractivity contribution in [2.24, 2.45) is 17.4 Å². The number of thioether (sulfide) groups is 1. The first-order valence-corrected chi connectivity index (χ1v) is 12.8. The lowest BCUT2D eigenvalue weighted by Crippen LogP contribution is -2.57. The number of rotatable bonds is 17. The molecule has 0 aliphatic carbocycles. The van der Waals surface area contributed by atoms with E-state index in [1.165, 1.54) is 11.8 Å². The van der Waals surface area contributed by atoms with Crippen molar-refractivity contribution in [1.82, 2.24) is 16.0 Å². The predicted molar refractivity (Wildman–Crippen MR) is 131 cm³/mol. The van der Waals surface area contributed by atoms with E-state index in [1.54, 1.807) is 0 Å². The number of nitrogens with one attached hydrogen (secondary N) is 3. The highest BCUT2D eigenvalue weighted by Crippen LogP contribution is 2.09. The standard InChI is InChI=1S/C20H39N5O5S2/c1-12(2)10-16(25-17(26)13(22)11-31)19(28)23-14(6-4-5-8-21)18(27)24-15(20(29)30)7-9-32-3/h12-16,31H,4-11,21-22H2,1-3H3,(H,23,28)(H,24,27)(H,25,26)(H,29,30). The van der Waals surface area contributed by atoms with Gasteiger partial charge in [-0.3, -0.25) is 14.4 Å². The molecule has 0 aliphatic rings. The minimum Gasteiger partial charge on any atom is -0.480 e. The van der Waals surface area contributed by atoms with E-state index in [1.807, 2.05) is 20.1 Å². The van der Waals surface area contributed by atoms with Gasteiger partial charge in [0.25, 0.3) is 0 Å². The molecule has 0 rings (SSSR count). The quantitative estimate of drug-likeness (QED) is 0.107. The Morgan fingerprint density at radius 2 is 1.50 bits per heavy atom. The van der Waals surface area contributed by atoms with Crippen LogP contribution in [-0.2, 0) is 19.2 Å². The van der Waals surface area contributed by atoms with Crippen LogP contribution in [0.3, 0.4) is 0 Å². The van der Waals surface area contributed by atoms with Crippen molar-refractivity contribution in [3.05, 3.63) is 0 Å². The molecule has 0 aromatic carbocycles. The molecule has 0 fully saturated rings. The van der Waals surface area contributed by atoms with Crippen molar-refractivity contribution >= 4 is 48.1 Å². The molecular weight excluding hydrogens is 454 g/mol. The summed E-state index contributed by atoms with van der Waals surface area (Å²) in [6.45, 7) is 4.24. The van der Waals surface area contributed by atoms with Gasteiger partial charge in [-0.15, -0.1) is 0 Å². The topological polar surface area (TPSA) is 177 Å². The molecular formula is C20H39N5O5S2. The molecule has 0 heterocycles. The number of carboxylic acids is 1. The maximum Gasteiger partial charge on any atom is 0.326 e. The normalized spacial score (nSPS) is 14.8. The Hall–Kier alpha value is -1.50. The molecule has 0 aromatic rings. The number of aliphatic carboxylic acids is 1.